The van der Waals surface area contributed by atoms with Crippen LogP contribution in [-0.4, -0.2) is 60.9 Å². The molecule has 3 N–H and O–H groups in total. The first-order chi connectivity index (χ1) is 18.2. The predicted octanol–water partition coefficient (Wildman–Crippen LogP) is 1.94. The van der Waals surface area contributed by atoms with Crippen molar-refractivity contribution in [2.75, 3.05) is 24.5 Å². The van der Waals surface area contributed by atoms with Crippen molar-refractivity contribution in [3.63, 3.8) is 0 Å². The number of rotatable bonds is 11. The highest BCUT2D eigenvalue weighted by Gasteiger charge is 2.42. The summed E-state index contributed by atoms with van der Waals surface area (Å²) >= 11 is 0. The molecule has 1 fully saturated rings. The zero-order valence-electron chi connectivity index (χ0n) is 23.1. The van der Waals surface area contributed by atoms with Crippen LogP contribution in [0.25, 0.3) is 0 Å². The molecule has 2 atom stereocenters. The van der Waals surface area contributed by atoms with E-state index in [4.69, 9.17) is 0 Å². The van der Waals surface area contributed by atoms with Crippen LogP contribution < -0.4 is 20.9 Å². The van der Waals surface area contributed by atoms with Crippen molar-refractivity contribution < 1.29 is 18.0 Å². The summed E-state index contributed by atoms with van der Waals surface area (Å²) < 4.78 is 29.7. The number of anilines is 1. The minimum Gasteiger partial charge on any atom is -0.354 e. The number of hydrogen-bond acceptors (Lipinski definition) is 7. The predicted molar refractivity (Wildman–Crippen MR) is 151 cm³/mol. The number of hydrogen-bond donors (Lipinski definition) is 3. The van der Waals surface area contributed by atoms with Crippen molar-refractivity contribution in [3.8, 4) is 0 Å². The topological polar surface area (TPSA) is 133 Å². The van der Waals surface area contributed by atoms with Crippen LogP contribution in [-0.2, 0) is 25.4 Å². The van der Waals surface area contributed by atoms with Crippen LogP contribution in [0, 0.1) is 12.3 Å². The van der Waals surface area contributed by atoms with Gasteiger partial charge in [0.15, 0.2) is 6.29 Å². The number of nitrogens with one attached hydrogen (secondary N) is 3. The van der Waals surface area contributed by atoms with Gasteiger partial charge in [-0.15, -0.1) is 0 Å². The summed E-state index contributed by atoms with van der Waals surface area (Å²) in [5.41, 5.74) is 0.885. The Morgan fingerprint density at radius 3 is 2.41 bits per heavy atom. The molecule has 12 heteroatoms. The Hall–Kier alpha value is -3.64. The molecule has 212 valence electrons. The molecule has 0 aliphatic carbocycles. The van der Waals surface area contributed by atoms with E-state index in [0.717, 1.165) is 0 Å². The van der Waals surface area contributed by atoms with Crippen LogP contribution >= 0.6 is 0 Å². The molecule has 0 saturated carbocycles. The number of carbonyl (C=O) groups excluding carboxylic acids is 2. The number of sulfonamides is 1. The first kappa shape index (κ1) is 29.9. The monoisotopic (exact) mass is 558 g/mol. The molecule has 39 heavy (non-hydrogen) atoms. The average molecular weight is 559 g/mol. The second-order valence-electron chi connectivity index (χ2n) is 10.9. The number of aryl methyl sites for hydroxylation is 1. The molecule has 3 rings (SSSR count). The maximum atomic E-state index is 13.8. The summed E-state index contributed by atoms with van der Waals surface area (Å²) in [5, 5.41) is 5.54. The minimum atomic E-state index is -3.90. The average Bonchev–Trinajstić information content (AvgIpc) is 3.07. The van der Waals surface area contributed by atoms with E-state index in [0.29, 0.717) is 29.9 Å². The summed E-state index contributed by atoms with van der Waals surface area (Å²) in [6, 6.07) is 11.4. The van der Waals surface area contributed by atoms with Gasteiger partial charge in [-0.2, -0.15) is 0 Å². The van der Waals surface area contributed by atoms with E-state index in [1.54, 1.807) is 53.1 Å². The fraction of sp³-hybridized carbons (Fsp3) is 0.444. The van der Waals surface area contributed by atoms with Crippen molar-refractivity contribution in [2.45, 2.75) is 52.7 Å². The molecule has 1 aromatic carbocycles. The van der Waals surface area contributed by atoms with Gasteiger partial charge >= 0.3 is 0 Å². The number of benzene rings is 1. The van der Waals surface area contributed by atoms with Crippen LogP contribution in [0.15, 0.2) is 59.5 Å². The lowest BCUT2D eigenvalue weighted by molar-refractivity contribution is -0.124. The molecule has 1 aliphatic rings. The molecular formula is C27H38N6O5S. The highest BCUT2D eigenvalue weighted by molar-refractivity contribution is 7.91. The largest absolute Gasteiger partial charge is 0.354 e. The zero-order chi connectivity index (χ0) is 29.0. The standard InChI is InChI=1S/C27H38N6O5S/c1-19-12-13-23(30-39(37,38)15-22-10-8-7-9-11-22)25(36)33(19)26-31(14-24(35)29-16-27(4,5)6)20(2)21(3)32(26)17-28-18-34/h7-13,18,20,26,30H,3,14-17H2,1-2,4-6H3,(H,28,34)(H,29,35). The van der Waals surface area contributed by atoms with E-state index >= 15 is 0 Å². The molecule has 1 saturated heterocycles. The van der Waals surface area contributed by atoms with Crippen molar-refractivity contribution in [1.29, 1.82) is 0 Å². The van der Waals surface area contributed by atoms with Crippen molar-refractivity contribution in [2.24, 2.45) is 5.41 Å². The van der Waals surface area contributed by atoms with E-state index in [9.17, 15) is 22.8 Å². The second kappa shape index (κ2) is 12.0. The van der Waals surface area contributed by atoms with E-state index in [-0.39, 0.29) is 42.0 Å². The number of carbonyl (C=O) groups is 2. The number of pyridine rings is 1. The Labute approximate surface area is 229 Å². The first-order valence-electron chi connectivity index (χ1n) is 12.7. The van der Waals surface area contributed by atoms with Crippen molar-refractivity contribution in [3.05, 3.63) is 76.4 Å². The van der Waals surface area contributed by atoms with E-state index in [2.05, 4.69) is 21.9 Å². The molecule has 0 bridgehead atoms. The van der Waals surface area contributed by atoms with Gasteiger partial charge in [-0.05, 0) is 37.0 Å². The molecule has 1 aliphatic heterocycles. The first-order valence-corrected chi connectivity index (χ1v) is 14.3. The molecule has 2 amide bonds. The van der Waals surface area contributed by atoms with Gasteiger partial charge in [0.25, 0.3) is 5.56 Å². The molecule has 2 heterocycles. The summed E-state index contributed by atoms with van der Waals surface area (Å²) in [6.07, 6.45) is -0.302. The third kappa shape index (κ3) is 7.48. The van der Waals surface area contributed by atoms with Gasteiger partial charge in [0.2, 0.25) is 22.3 Å². The maximum Gasteiger partial charge on any atom is 0.277 e. The minimum absolute atomic E-state index is 0.0350. The Balaban J connectivity index is 2.00. The van der Waals surface area contributed by atoms with Crippen LogP contribution in [0.1, 0.15) is 45.2 Å². The lowest BCUT2D eigenvalue weighted by atomic mass is 9.97. The summed E-state index contributed by atoms with van der Waals surface area (Å²) in [7, 11) is -3.90. The van der Waals surface area contributed by atoms with Crippen molar-refractivity contribution >= 4 is 28.0 Å². The third-order valence-corrected chi connectivity index (χ3v) is 7.67. The van der Waals surface area contributed by atoms with Crippen LogP contribution in [0.4, 0.5) is 5.69 Å². The van der Waals surface area contributed by atoms with Gasteiger partial charge < -0.3 is 15.5 Å². The quantitative estimate of drug-likeness (QED) is 0.359. The highest BCUT2D eigenvalue weighted by atomic mass is 32.2. The molecule has 11 nitrogen and oxygen atoms in total. The smallest absolute Gasteiger partial charge is 0.277 e. The molecular weight excluding hydrogens is 520 g/mol. The van der Waals surface area contributed by atoms with Gasteiger partial charge in [-0.1, -0.05) is 57.7 Å². The summed E-state index contributed by atoms with van der Waals surface area (Å²) in [4.78, 5) is 41.4. The zero-order valence-corrected chi connectivity index (χ0v) is 23.9. The Morgan fingerprint density at radius 1 is 1.13 bits per heavy atom. The molecule has 1 aromatic heterocycles. The van der Waals surface area contributed by atoms with Gasteiger partial charge in [0, 0.05) is 17.9 Å². The van der Waals surface area contributed by atoms with E-state index in [1.807, 2.05) is 27.7 Å². The van der Waals surface area contributed by atoms with Crippen molar-refractivity contribution in [1.82, 2.24) is 25.0 Å². The molecule has 2 unspecified atom stereocenters. The number of nitrogens with zero attached hydrogens (tertiary/aromatic N) is 3. The number of aromatic nitrogens is 1. The third-order valence-electron chi connectivity index (χ3n) is 6.43. The van der Waals surface area contributed by atoms with Gasteiger partial charge in [-0.3, -0.25) is 23.7 Å². The fourth-order valence-electron chi connectivity index (χ4n) is 4.38. The Kier molecular flexibility index (Phi) is 9.23. The molecule has 0 radical (unpaired) electrons. The Bertz CT molecular complexity index is 1370. The summed E-state index contributed by atoms with van der Waals surface area (Å²) in [6.45, 7) is 14.2. The van der Waals surface area contributed by atoms with Crippen LogP contribution in [0.5, 0.6) is 0 Å². The number of amides is 2. The van der Waals surface area contributed by atoms with Crippen LogP contribution in [0.3, 0.4) is 0 Å². The van der Waals surface area contributed by atoms with E-state index in [1.165, 1.54) is 10.6 Å². The highest BCUT2D eigenvalue weighted by Crippen LogP contribution is 2.35. The van der Waals surface area contributed by atoms with Gasteiger partial charge in [0.1, 0.15) is 5.69 Å². The summed E-state index contributed by atoms with van der Waals surface area (Å²) in [5.74, 6) is -0.529. The van der Waals surface area contributed by atoms with E-state index < -0.39 is 21.9 Å². The lowest BCUT2D eigenvalue weighted by Gasteiger charge is -2.34. The normalized spacial score (nSPS) is 18.2. The molecule has 0 spiro atoms. The maximum absolute atomic E-state index is 13.8. The van der Waals surface area contributed by atoms with Gasteiger partial charge in [-0.25, -0.2) is 13.3 Å². The SMILES string of the molecule is C=C1C(C)N(CC(=O)NCC(C)(C)C)C(n2c(C)ccc(NS(=O)(=O)Cc3ccccc3)c2=O)N1CNC=O. The second-order valence-corrected chi connectivity index (χ2v) is 12.6. The Morgan fingerprint density at radius 2 is 1.79 bits per heavy atom. The van der Waals surface area contributed by atoms with Gasteiger partial charge in [0.05, 0.1) is 25.0 Å². The lowest BCUT2D eigenvalue weighted by Crippen LogP contribution is -2.48. The fourth-order valence-corrected chi connectivity index (χ4v) is 5.57. The molecule has 2 aromatic rings. The van der Waals surface area contributed by atoms with Crippen LogP contribution in [0.2, 0.25) is 0 Å².